The molecule has 1 atom stereocenters. The average Bonchev–Trinajstić information content (AvgIpc) is 2.44. The van der Waals surface area contributed by atoms with E-state index >= 15 is 0 Å². The van der Waals surface area contributed by atoms with E-state index in [4.69, 9.17) is 9.47 Å². The molecule has 1 aromatic carbocycles. The fourth-order valence-corrected chi connectivity index (χ4v) is 2.67. The van der Waals surface area contributed by atoms with Gasteiger partial charge in [0.2, 0.25) is 0 Å². The first-order chi connectivity index (χ1) is 9.87. The van der Waals surface area contributed by atoms with Gasteiger partial charge in [0.05, 0.1) is 14.2 Å². The molecule has 1 unspecified atom stereocenters. The highest BCUT2D eigenvalue weighted by molar-refractivity contribution is 5.49. The topological polar surface area (TPSA) is 30.5 Å². The molecular formula is C18H31NO2. The second-order valence-electron chi connectivity index (χ2n) is 6.59. The quantitative estimate of drug-likeness (QED) is 0.826. The molecule has 21 heavy (non-hydrogen) atoms. The Morgan fingerprint density at radius 3 is 2.14 bits per heavy atom. The van der Waals surface area contributed by atoms with Crippen LogP contribution in [0.5, 0.6) is 11.5 Å². The number of hydrogen-bond donors (Lipinski definition) is 1. The Morgan fingerprint density at radius 2 is 1.71 bits per heavy atom. The molecule has 1 rings (SSSR count). The highest BCUT2D eigenvalue weighted by atomic mass is 16.5. The summed E-state index contributed by atoms with van der Waals surface area (Å²) in [6, 6.07) is 4.74. The molecule has 3 nitrogen and oxygen atoms in total. The van der Waals surface area contributed by atoms with Gasteiger partial charge in [0.25, 0.3) is 0 Å². The third-order valence-corrected chi connectivity index (χ3v) is 3.92. The monoisotopic (exact) mass is 293 g/mol. The number of rotatable bonds is 7. The van der Waals surface area contributed by atoms with E-state index in [2.05, 4.69) is 45.1 Å². The summed E-state index contributed by atoms with van der Waals surface area (Å²) in [4.78, 5) is 0. The lowest BCUT2D eigenvalue weighted by Gasteiger charge is -2.25. The fourth-order valence-electron chi connectivity index (χ4n) is 2.67. The predicted octanol–water partition coefficient (Wildman–Crippen LogP) is 3.93. The Bertz CT molecular complexity index is 449. The van der Waals surface area contributed by atoms with E-state index < -0.39 is 0 Å². The van der Waals surface area contributed by atoms with Gasteiger partial charge < -0.3 is 14.8 Å². The summed E-state index contributed by atoms with van der Waals surface area (Å²) in [7, 11) is 5.50. The minimum absolute atomic E-state index is 0.0307. The van der Waals surface area contributed by atoms with Crippen LogP contribution in [0, 0.1) is 0 Å². The minimum atomic E-state index is 0.0307. The first-order valence-corrected chi connectivity index (χ1v) is 7.80. The van der Waals surface area contributed by atoms with Crippen molar-refractivity contribution in [1.82, 2.24) is 5.32 Å². The number of likely N-dealkylation sites (N-methyl/N-ethyl adjacent to an activating group) is 1. The third-order valence-electron chi connectivity index (χ3n) is 3.92. The Kier molecular flexibility index (Phi) is 6.53. The molecule has 0 aliphatic rings. The first-order valence-electron chi connectivity index (χ1n) is 7.80. The maximum Gasteiger partial charge on any atom is 0.123 e. The number of benzene rings is 1. The van der Waals surface area contributed by atoms with Crippen LogP contribution in [0.1, 0.15) is 51.7 Å². The Morgan fingerprint density at radius 1 is 1.10 bits per heavy atom. The van der Waals surface area contributed by atoms with E-state index in [-0.39, 0.29) is 5.41 Å². The second kappa shape index (κ2) is 7.69. The summed E-state index contributed by atoms with van der Waals surface area (Å²) in [6.07, 6.45) is 3.28. The van der Waals surface area contributed by atoms with E-state index in [1.54, 1.807) is 14.2 Å². The van der Waals surface area contributed by atoms with Crippen molar-refractivity contribution < 1.29 is 9.47 Å². The average molecular weight is 293 g/mol. The molecule has 0 aromatic heterocycles. The van der Waals surface area contributed by atoms with Crippen LogP contribution >= 0.6 is 0 Å². The van der Waals surface area contributed by atoms with Crippen LogP contribution in [0.25, 0.3) is 0 Å². The van der Waals surface area contributed by atoms with Gasteiger partial charge in [-0.25, -0.2) is 0 Å². The van der Waals surface area contributed by atoms with Crippen LogP contribution in [0.2, 0.25) is 0 Å². The zero-order valence-electron chi connectivity index (χ0n) is 14.7. The molecule has 120 valence electrons. The molecule has 0 radical (unpaired) electrons. The van der Waals surface area contributed by atoms with E-state index in [1.165, 1.54) is 17.5 Å². The van der Waals surface area contributed by atoms with Crippen molar-refractivity contribution in [3.05, 3.63) is 23.3 Å². The van der Waals surface area contributed by atoms with Crippen molar-refractivity contribution in [2.45, 2.75) is 58.4 Å². The van der Waals surface area contributed by atoms with Gasteiger partial charge in [0.15, 0.2) is 0 Å². The SMILES string of the molecule is CCCC(Cc1cc(OC)c(C(C)(C)C)cc1OC)NC. The largest absolute Gasteiger partial charge is 0.496 e. The summed E-state index contributed by atoms with van der Waals surface area (Å²) in [6.45, 7) is 8.79. The number of methoxy groups -OCH3 is 2. The molecule has 0 fully saturated rings. The molecular weight excluding hydrogens is 262 g/mol. The van der Waals surface area contributed by atoms with Crippen molar-refractivity contribution in [3.8, 4) is 11.5 Å². The van der Waals surface area contributed by atoms with Crippen molar-refractivity contribution in [2.75, 3.05) is 21.3 Å². The van der Waals surface area contributed by atoms with Crippen LogP contribution in [-0.2, 0) is 11.8 Å². The van der Waals surface area contributed by atoms with Gasteiger partial charge in [-0.3, -0.25) is 0 Å². The zero-order chi connectivity index (χ0) is 16.0. The molecule has 1 N–H and O–H groups in total. The molecule has 0 aliphatic carbocycles. The number of nitrogens with one attached hydrogen (secondary N) is 1. The van der Waals surface area contributed by atoms with Gasteiger partial charge in [-0.15, -0.1) is 0 Å². The molecule has 0 bridgehead atoms. The Balaban J connectivity index is 3.20. The molecule has 0 amide bonds. The summed E-state index contributed by atoms with van der Waals surface area (Å²) in [5, 5.41) is 3.39. The van der Waals surface area contributed by atoms with Crippen molar-refractivity contribution >= 4 is 0 Å². The summed E-state index contributed by atoms with van der Waals surface area (Å²) < 4.78 is 11.2. The van der Waals surface area contributed by atoms with Crippen LogP contribution < -0.4 is 14.8 Å². The van der Waals surface area contributed by atoms with Crippen LogP contribution in [0.4, 0.5) is 0 Å². The molecule has 0 aliphatic heterocycles. The third kappa shape index (κ3) is 4.63. The van der Waals surface area contributed by atoms with Gasteiger partial charge in [0.1, 0.15) is 11.5 Å². The predicted molar refractivity (Wildman–Crippen MR) is 89.7 cm³/mol. The van der Waals surface area contributed by atoms with Gasteiger partial charge >= 0.3 is 0 Å². The Labute approximate surface area is 130 Å². The smallest absolute Gasteiger partial charge is 0.123 e. The molecule has 0 saturated heterocycles. The zero-order valence-corrected chi connectivity index (χ0v) is 14.7. The standard InChI is InChI=1S/C18H31NO2/c1-8-9-14(19-5)10-13-11-17(21-7)15(18(2,3)4)12-16(13)20-6/h11-12,14,19H,8-10H2,1-7H3. The van der Waals surface area contributed by atoms with Gasteiger partial charge in [0, 0.05) is 11.6 Å². The van der Waals surface area contributed by atoms with E-state index in [0.717, 1.165) is 24.3 Å². The van der Waals surface area contributed by atoms with Crippen molar-refractivity contribution in [2.24, 2.45) is 0 Å². The van der Waals surface area contributed by atoms with Crippen LogP contribution in [-0.4, -0.2) is 27.3 Å². The minimum Gasteiger partial charge on any atom is -0.496 e. The summed E-state index contributed by atoms with van der Waals surface area (Å²) >= 11 is 0. The fraction of sp³-hybridized carbons (Fsp3) is 0.667. The van der Waals surface area contributed by atoms with E-state index in [1.807, 2.05) is 7.05 Å². The number of ether oxygens (including phenoxy) is 2. The van der Waals surface area contributed by atoms with Crippen molar-refractivity contribution in [1.29, 1.82) is 0 Å². The molecule has 3 heteroatoms. The first kappa shape index (κ1) is 17.8. The van der Waals surface area contributed by atoms with Crippen LogP contribution in [0.3, 0.4) is 0 Å². The lowest BCUT2D eigenvalue weighted by Crippen LogP contribution is -2.27. The maximum absolute atomic E-state index is 5.62. The highest BCUT2D eigenvalue weighted by Gasteiger charge is 2.22. The lowest BCUT2D eigenvalue weighted by atomic mass is 9.85. The summed E-state index contributed by atoms with van der Waals surface area (Å²) in [5.74, 6) is 1.90. The van der Waals surface area contributed by atoms with Gasteiger partial charge in [-0.2, -0.15) is 0 Å². The maximum atomic E-state index is 5.62. The molecule has 0 spiro atoms. The molecule has 1 aromatic rings. The molecule has 0 saturated carbocycles. The summed E-state index contributed by atoms with van der Waals surface area (Å²) in [5.41, 5.74) is 2.42. The second-order valence-corrected chi connectivity index (χ2v) is 6.59. The van der Waals surface area contributed by atoms with E-state index in [0.29, 0.717) is 6.04 Å². The van der Waals surface area contributed by atoms with Crippen LogP contribution in [0.15, 0.2) is 12.1 Å². The normalized spacial score (nSPS) is 13.1. The lowest BCUT2D eigenvalue weighted by molar-refractivity contribution is 0.382. The van der Waals surface area contributed by atoms with Gasteiger partial charge in [-0.1, -0.05) is 34.1 Å². The van der Waals surface area contributed by atoms with E-state index in [9.17, 15) is 0 Å². The van der Waals surface area contributed by atoms with Gasteiger partial charge in [-0.05, 0) is 43.0 Å². The Hall–Kier alpha value is -1.22. The van der Waals surface area contributed by atoms with Crippen molar-refractivity contribution in [3.63, 3.8) is 0 Å². The number of hydrogen-bond acceptors (Lipinski definition) is 3. The molecule has 0 heterocycles. The highest BCUT2D eigenvalue weighted by Crippen LogP contribution is 2.37.